The third-order valence-electron chi connectivity index (χ3n) is 4.71. The van der Waals surface area contributed by atoms with Gasteiger partial charge in [0.05, 0.1) is 23.9 Å². The van der Waals surface area contributed by atoms with Gasteiger partial charge in [-0.1, -0.05) is 35.9 Å². The lowest BCUT2D eigenvalue weighted by molar-refractivity contribution is 0.0600. The van der Waals surface area contributed by atoms with Crippen LogP contribution in [0.1, 0.15) is 45.7 Å². The second-order valence-corrected chi connectivity index (χ2v) is 6.76. The number of benzene rings is 2. The Labute approximate surface area is 150 Å². The average Bonchev–Trinajstić information content (AvgIpc) is 3.40. The Morgan fingerprint density at radius 2 is 1.96 bits per heavy atom. The van der Waals surface area contributed by atoms with Crippen LogP contribution in [0.15, 0.2) is 42.5 Å². The van der Waals surface area contributed by atoms with Crippen molar-refractivity contribution in [2.24, 2.45) is 0 Å². The minimum Gasteiger partial charge on any atom is -0.465 e. The van der Waals surface area contributed by atoms with Crippen molar-refractivity contribution < 1.29 is 9.53 Å². The Morgan fingerprint density at radius 1 is 1.16 bits per heavy atom. The smallest absolute Gasteiger partial charge is 0.337 e. The molecular formula is C20H17ClN2O2. The summed E-state index contributed by atoms with van der Waals surface area (Å²) in [5, 5.41) is 1.70. The standard InChI is InChI=1S/C20H17ClN2O2/c1-11-22-18-6-4-3-5-14(18)19(23-11)16-10-15(16)13-8-7-12(9-17(13)21)20(24)25-2/h3-9,15-16H,10H2,1-2H3. The van der Waals surface area contributed by atoms with Crippen molar-refractivity contribution in [2.45, 2.75) is 25.2 Å². The lowest BCUT2D eigenvalue weighted by Crippen LogP contribution is -2.01. The molecule has 0 aliphatic heterocycles. The van der Waals surface area contributed by atoms with Gasteiger partial charge in [-0.3, -0.25) is 0 Å². The number of ether oxygens (including phenoxy) is 1. The number of aryl methyl sites for hydroxylation is 1. The van der Waals surface area contributed by atoms with Crippen molar-refractivity contribution in [1.29, 1.82) is 0 Å². The van der Waals surface area contributed by atoms with Crippen molar-refractivity contribution in [1.82, 2.24) is 9.97 Å². The molecule has 0 N–H and O–H groups in total. The zero-order valence-electron chi connectivity index (χ0n) is 14.0. The lowest BCUT2D eigenvalue weighted by Gasteiger charge is -2.08. The average molecular weight is 353 g/mol. The Balaban J connectivity index is 1.68. The Kier molecular flexibility index (Phi) is 3.92. The molecule has 1 fully saturated rings. The van der Waals surface area contributed by atoms with Crippen LogP contribution >= 0.6 is 11.6 Å². The molecular weight excluding hydrogens is 336 g/mol. The van der Waals surface area contributed by atoms with Crippen LogP contribution in [0.2, 0.25) is 5.02 Å². The van der Waals surface area contributed by atoms with Crippen molar-refractivity contribution in [3.8, 4) is 0 Å². The van der Waals surface area contributed by atoms with E-state index < -0.39 is 0 Å². The maximum absolute atomic E-state index is 11.6. The van der Waals surface area contributed by atoms with Gasteiger partial charge >= 0.3 is 5.97 Å². The van der Waals surface area contributed by atoms with Crippen molar-refractivity contribution >= 4 is 28.5 Å². The number of esters is 1. The fourth-order valence-corrected chi connectivity index (χ4v) is 3.74. The first-order chi connectivity index (χ1) is 12.1. The third-order valence-corrected chi connectivity index (χ3v) is 5.03. The van der Waals surface area contributed by atoms with Gasteiger partial charge in [0.1, 0.15) is 5.82 Å². The highest BCUT2D eigenvalue weighted by Crippen LogP contribution is 2.56. The van der Waals surface area contributed by atoms with E-state index in [2.05, 4.69) is 11.1 Å². The highest BCUT2D eigenvalue weighted by molar-refractivity contribution is 6.31. The van der Waals surface area contributed by atoms with Gasteiger partial charge in [-0.15, -0.1) is 0 Å². The molecule has 0 bridgehead atoms. The summed E-state index contributed by atoms with van der Waals surface area (Å²) in [4.78, 5) is 20.8. The quantitative estimate of drug-likeness (QED) is 0.644. The van der Waals surface area contributed by atoms with Gasteiger partial charge in [-0.25, -0.2) is 14.8 Å². The fourth-order valence-electron chi connectivity index (χ4n) is 3.42. The van der Waals surface area contributed by atoms with Crippen LogP contribution in [0.5, 0.6) is 0 Å². The predicted octanol–water partition coefficient (Wildman–Crippen LogP) is 4.65. The topological polar surface area (TPSA) is 52.1 Å². The first-order valence-electron chi connectivity index (χ1n) is 8.19. The molecule has 0 saturated heterocycles. The summed E-state index contributed by atoms with van der Waals surface area (Å²) in [6, 6.07) is 13.5. The molecule has 1 aliphatic carbocycles. The molecule has 3 aromatic rings. The third kappa shape index (κ3) is 2.87. The maximum Gasteiger partial charge on any atom is 0.337 e. The van der Waals surface area contributed by atoms with Gasteiger partial charge in [-0.2, -0.15) is 0 Å². The van der Waals surface area contributed by atoms with Crippen molar-refractivity contribution in [2.75, 3.05) is 7.11 Å². The van der Waals surface area contributed by atoms with Crippen molar-refractivity contribution in [3.63, 3.8) is 0 Å². The number of para-hydroxylation sites is 1. The van der Waals surface area contributed by atoms with Crippen LogP contribution in [-0.2, 0) is 4.74 Å². The van der Waals surface area contributed by atoms with E-state index in [9.17, 15) is 4.79 Å². The number of rotatable bonds is 3. The van der Waals surface area contributed by atoms with E-state index in [0.29, 0.717) is 22.4 Å². The summed E-state index contributed by atoms with van der Waals surface area (Å²) in [7, 11) is 1.36. The van der Waals surface area contributed by atoms with E-state index in [0.717, 1.165) is 34.4 Å². The number of fused-ring (bicyclic) bond motifs is 1. The normalized spacial score (nSPS) is 19.0. The second-order valence-electron chi connectivity index (χ2n) is 6.35. The molecule has 2 atom stereocenters. The largest absolute Gasteiger partial charge is 0.465 e. The number of carbonyl (C=O) groups is 1. The zero-order valence-corrected chi connectivity index (χ0v) is 14.7. The second kappa shape index (κ2) is 6.12. The van der Waals surface area contributed by atoms with Crippen LogP contribution < -0.4 is 0 Å². The molecule has 5 heteroatoms. The summed E-state index contributed by atoms with van der Waals surface area (Å²) < 4.78 is 4.74. The first-order valence-corrected chi connectivity index (χ1v) is 8.57. The number of hydrogen-bond donors (Lipinski definition) is 0. The molecule has 25 heavy (non-hydrogen) atoms. The first kappa shape index (κ1) is 16.0. The van der Waals surface area contributed by atoms with Crippen molar-refractivity contribution in [3.05, 3.63) is 70.1 Å². The molecule has 2 unspecified atom stereocenters. The highest BCUT2D eigenvalue weighted by atomic mass is 35.5. The van der Waals surface area contributed by atoms with Crippen LogP contribution in [0.4, 0.5) is 0 Å². The summed E-state index contributed by atoms with van der Waals surface area (Å²) in [6.45, 7) is 1.92. The van der Waals surface area contributed by atoms with E-state index >= 15 is 0 Å². The van der Waals surface area contributed by atoms with E-state index in [-0.39, 0.29) is 5.97 Å². The Hall–Kier alpha value is -2.46. The number of halogens is 1. The molecule has 0 amide bonds. The van der Waals surface area contributed by atoms with Gasteiger partial charge in [-0.05, 0) is 43.0 Å². The van der Waals surface area contributed by atoms with Gasteiger partial charge in [0.25, 0.3) is 0 Å². The van der Waals surface area contributed by atoms with Gasteiger partial charge < -0.3 is 4.74 Å². The molecule has 0 radical (unpaired) electrons. The fraction of sp³-hybridized carbons (Fsp3) is 0.250. The van der Waals surface area contributed by atoms with Crippen LogP contribution in [0.3, 0.4) is 0 Å². The molecule has 0 spiro atoms. The maximum atomic E-state index is 11.6. The summed E-state index contributed by atoms with van der Waals surface area (Å²) >= 11 is 6.43. The Bertz CT molecular complexity index is 987. The molecule has 1 aliphatic rings. The van der Waals surface area contributed by atoms with Crippen LogP contribution in [-0.4, -0.2) is 23.0 Å². The predicted molar refractivity (Wildman–Crippen MR) is 97.2 cm³/mol. The SMILES string of the molecule is COC(=O)c1ccc(C2CC2c2nc(C)nc3ccccc23)c(Cl)c1. The van der Waals surface area contributed by atoms with Crippen LogP contribution in [0, 0.1) is 6.92 Å². The number of carbonyl (C=O) groups excluding carboxylic acids is 1. The number of nitrogens with zero attached hydrogens (tertiary/aromatic N) is 2. The van der Waals surface area contributed by atoms with Gasteiger partial charge in [0.2, 0.25) is 0 Å². The minimum atomic E-state index is -0.377. The van der Waals surface area contributed by atoms with Gasteiger partial charge in [0, 0.05) is 16.3 Å². The number of hydrogen-bond acceptors (Lipinski definition) is 4. The van der Waals surface area contributed by atoms with E-state index in [1.807, 2.05) is 31.2 Å². The molecule has 126 valence electrons. The summed E-state index contributed by atoms with van der Waals surface area (Å²) in [5.74, 6) is 1.05. The van der Waals surface area contributed by atoms with Gasteiger partial charge in [0.15, 0.2) is 0 Å². The number of aromatic nitrogens is 2. The summed E-state index contributed by atoms with van der Waals surface area (Å²) in [5.41, 5.74) is 3.58. The molecule has 4 rings (SSSR count). The molecule has 1 heterocycles. The highest BCUT2D eigenvalue weighted by Gasteiger charge is 2.42. The van der Waals surface area contributed by atoms with E-state index in [4.69, 9.17) is 21.3 Å². The zero-order chi connectivity index (χ0) is 17.6. The minimum absolute atomic E-state index is 0.317. The van der Waals surface area contributed by atoms with E-state index in [1.165, 1.54) is 7.11 Å². The molecule has 2 aromatic carbocycles. The lowest BCUT2D eigenvalue weighted by atomic mass is 10.0. The molecule has 1 saturated carbocycles. The van der Waals surface area contributed by atoms with Crippen LogP contribution in [0.25, 0.3) is 10.9 Å². The monoisotopic (exact) mass is 352 g/mol. The Morgan fingerprint density at radius 3 is 2.72 bits per heavy atom. The molecule has 1 aromatic heterocycles. The molecule has 4 nitrogen and oxygen atoms in total. The van der Waals surface area contributed by atoms with E-state index in [1.54, 1.807) is 12.1 Å². The summed E-state index contributed by atoms with van der Waals surface area (Å²) in [6.07, 6.45) is 0.998. The number of methoxy groups -OCH3 is 1.